The Morgan fingerprint density at radius 1 is 1.22 bits per heavy atom. The predicted molar refractivity (Wildman–Crippen MR) is 92.1 cm³/mol. The Balaban J connectivity index is 1.58. The maximum atomic E-state index is 12.1. The fraction of sp³-hybridized carbons (Fsp3) is 0.167. The molecule has 2 aromatic heterocycles. The highest BCUT2D eigenvalue weighted by atomic mass is 32.1. The predicted octanol–water partition coefficient (Wildman–Crippen LogP) is 3.37. The topological polar surface area (TPSA) is 54.9 Å². The van der Waals surface area contributed by atoms with Crippen molar-refractivity contribution in [2.24, 2.45) is 0 Å². The van der Waals surface area contributed by atoms with E-state index < -0.39 is 0 Å². The Labute approximate surface area is 139 Å². The van der Waals surface area contributed by atoms with E-state index in [0.29, 0.717) is 13.0 Å². The van der Waals surface area contributed by atoms with Gasteiger partial charge >= 0.3 is 0 Å². The summed E-state index contributed by atoms with van der Waals surface area (Å²) in [5.74, 6) is -0.0173. The fourth-order valence-electron chi connectivity index (χ4n) is 2.24. The number of nitrogens with zero attached hydrogens (tertiary/aromatic N) is 2. The number of hydrogen-bond acceptors (Lipinski definition) is 4. The first-order valence-electron chi connectivity index (χ1n) is 7.38. The summed E-state index contributed by atoms with van der Waals surface area (Å²) >= 11 is 1.53. The third kappa shape index (κ3) is 4.02. The van der Waals surface area contributed by atoms with Gasteiger partial charge in [-0.2, -0.15) is 0 Å². The van der Waals surface area contributed by atoms with Gasteiger partial charge in [0.05, 0.1) is 12.1 Å². The summed E-state index contributed by atoms with van der Waals surface area (Å²) in [7, 11) is 0. The molecule has 0 aliphatic heterocycles. The molecule has 1 aromatic carbocycles. The number of aromatic nitrogens is 2. The Bertz CT molecular complexity index is 799. The average molecular weight is 323 g/mol. The standard InChI is InChI=1S/C18H17N3OS/c1-13-5-2-3-6-14(13)11-20-17(22)9-16-12-23-18(21-16)15-7-4-8-19-10-15/h2-8,10,12H,9,11H2,1H3,(H,20,22). The number of hydrogen-bond donors (Lipinski definition) is 1. The number of thiazole rings is 1. The highest BCUT2D eigenvalue weighted by Crippen LogP contribution is 2.22. The van der Waals surface area contributed by atoms with E-state index in [-0.39, 0.29) is 5.91 Å². The zero-order valence-electron chi connectivity index (χ0n) is 12.8. The number of carbonyl (C=O) groups excluding carboxylic acids is 1. The number of carbonyl (C=O) groups is 1. The molecule has 0 unspecified atom stereocenters. The van der Waals surface area contributed by atoms with Crippen molar-refractivity contribution in [3.05, 3.63) is 71.0 Å². The van der Waals surface area contributed by atoms with Crippen LogP contribution < -0.4 is 5.32 Å². The second-order valence-corrected chi connectivity index (χ2v) is 6.12. The van der Waals surface area contributed by atoms with Crippen molar-refractivity contribution >= 4 is 17.2 Å². The summed E-state index contributed by atoms with van der Waals surface area (Å²) in [4.78, 5) is 20.7. The number of aryl methyl sites for hydroxylation is 1. The van der Waals surface area contributed by atoms with Crippen LogP contribution in [0, 0.1) is 6.92 Å². The quantitative estimate of drug-likeness (QED) is 0.783. The van der Waals surface area contributed by atoms with Gasteiger partial charge in [-0.1, -0.05) is 24.3 Å². The number of amides is 1. The Hall–Kier alpha value is -2.53. The molecule has 2 heterocycles. The van der Waals surface area contributed by atoms with Gasteiger partial charge in [-0.05, 0) is 30.2 Å². The molecule has 4 nitrogen and oxygen atoms in total. The number of nitrogens with one attached hydrogen (secondary N) is 1. The van der Waals surface area contributed by atoms with Gasteiger partial charge in [0.15, 0.2) is 0 Å². The molecule has 5 heteroatoms. The molecule has 0 fully saturated rings. The summed E-state index contributed by atoms with van der Waals surface area (Å²) in [5.41, 5.74) is 4.08. The molecule has 0 spiro atoms. The van der Waals surface area contributed by atoms with Crippen LogP contribution in [0.15, 0.2) is 54.2 Å². The Morgan fingerprint density at radius 3 is 2.87 bits per heavy atom. The van der Waals surface area contributed by atoms with Crippen LogP contribution in [0.2, 0.25) is 0 Å². The van der Waals surface area contributed by atoms with Crippen LogP contribution in [0.5, 0.6) is 0 Å². The van der Waals surface area contributed by atoms with Crippen LogP contribution in [0.25, 0.3) is 10.6 Å². The minimum absolute atomic E-state index is 0.0173. The molecule has 0 aliphatic carbocycles. The SMILES string of the molecule is Cc1ccccc1CNC(=O)Cc1csc(-c2cccnc2)n1. The van der Waals surface area contributed by atoms with Gasteiger partial charge in [0.2, 0.25) is 5.91 Å². The van der Waals surface area contributed by atoms with Crippen molar-refractivity contribution in [3.63, 3.8) is 0 Å². The second-order valence-electron chi connectivity index (χ2n) is 5.27. The van der Waals surface area contributed by atoms with Crippen LogP contribution in [0.1, 0.15) is 16.8 Å². The van der Waals surface area contributed by atoms with Gasteiger partial charge in [0.1, 0.15) is 5.01 Å². The van der Waals surface area contributed by atoms with Crippen LogP contribution in [-0.4, -0.2) is 15.9 Å². The van der Waals surface area contributed by atoms with E-state index in [4.69, 9.17) is 0 Å². The lowest BCUT2D eigenvalue weighted by atomic mass is 10.1. The summed E-state index contributed by atoms with van der Waals surface area (Å²) in [6.45, 7) is 2.59. The molecule has 0 atom stereocenters. The molecule has 0 aliphatic rings. The molecule has 3 rings (SSSR count). The third-order valence-electron chi connectivity index (χ3n) is 3.54. The lowest BCUT2D eigenvalue weighted by molar-refractivity contribution is -0.120. The molecule has 0 bridgehead atoms. The van der Waals surface area contributed by atoms with Crippen LogP contribution in [0.4, 0.5) is 0 Å². The molecule has 3 aromatic rings. The van der Waals surface area contributed by atoms with Crippen molar-refractivity contribution < 1.29 is 4.79 Å². The van der Waals surface area contributed by atoms with Crippen molar-refractivity contribution in [1.82, 2.24) is 15.3 Å². The lowest BCUT2D eigenvalue weighted by Crippen LogP contribution is -2.25. The van der Waals surface area contributed by atoms with E-state index in [2.05, 4.69) is 15.3 Å². The monoisotopic (exact) mass is 323 g/mol. The number of pyridine rings is 1. The minimum atomic E-state index is -0.0173. The minimum Gasteiger partial charge on any atom is -0.352 e. The normalized spacial score (nSPS) is 10.5. The molecule has 1 amide bonds. The highest BCUT2D eigenvalue weighted by Gasteiger charge is 2.09. The third-order valence-corrected chi connectivity index (χ3v) is 4.48. The molecule has 1 N–H and O–H groups in total. The second kappa shape index (κ2) is 7.15. The number of rotatable bonds is 5. The molecule has 0 saturated heterocycles. The van der Waals surface area contributed by atoms with E-state index in [1.54, 1.807) is 12.4 Å². The number of benzene rings is 1. The lowest BCUT2D eigenvalue weighted by Gasteiger charge is -2.07. The van der Waals surface area contributed by atoms with E-state index in [9.17, 15) is 4.79 Å². The van der Waals surface area contributed by atoms with Gasteiger partial charge in [-0.25, -0.2) is 4.98 Å². The van der Waals surface area contributed by atoms with Crippen molar-refractivity contribution in [3.8, 4) is 10.6 Å². The van der Waals surface area contributed by atoms with E-state index in [0.717, 1.165) is 21.8 Å². The summed E-state index contributed by atoms with van der Waals surface area (Å²) in [6, 6.07) is 11.9. The Kier molecular flexibility index (Phi) is 4.78. The largest absolute Gasteiger partial charge is 0.352 e. The van der Waals surface area contributed by atoms with Crippen molar-refractivity contribution in [2.45, 2.75) is 19.9 Å². The van der Waals surface area contributed by atoms with Gasteiger partial charge in [0, 0.05) is 29.9 Å². The first-order chi connectivity index (χ1) is 11.2. The van der Waals surface area contributed by atoms with E-state index in [1.807, 2.05) is 48.7 Å². The molecular formula is C18H17N3OS. The molecule has 0 saturated carbocycles. The van der Waals surface area contributed by atoms with Gasteiger partial charge in [-0.15, -0.1) is 11.3 Å². The van der Waals surface area contributed by atoms with E-state index >= 15 is 0 Å². The molecule has 116 valence electrons. The van der Waals surface area contributed by atoms with Gasteiger partial charge in [-0.3, -0.25) is 9.78 Å². The Morgan fingerprint density at radius 2 is 2.09 bits per heavy atom. The zero-order valence-corrected chi connectivity index (χ0v) is 13.6. The summed E-state index contributed by atoms with van der Waals surface area (Å²) < 4.78 is 0. The van der Waals surface area contributed by atoms with Crippen LogP contribution in [0.3, 0.4) is 0 Å². The average Bonchev–Trinajstić information content (AvgIpc) is 3.03. The maximum absolute atomic E-state index is 12.1. The first-order valence-corrected chi connectivity index (χ1v) is 8.26. The van der Waals surface area contributed by atoms with Crippen molar-refractivity contribution in [1.29, 1.82) is 0 Å². The molecular weight excluding hydrogens is 306 g/mol. The van der Waals surface area contributed by atoms with Crippen LogP contribution in [-0.2, 0) is 17.8 Å². The first kappa shape index (κ1) is 15.4. The maximum Gasteiger partial charge on any atom is 0.226 e. The highest BCUT2D eigenvalue weighted by molar-refractivity contribution is 7.13. The van der Waals surface area contributed by atoms with Crippen LogP contribution >= 0.6 is 11.3 Å². The van der Waals surface area contributed by atoms with Gasteiger partial charge < -0.3 is 5.32 Å². The molecule has 23 heavy (non-hydrogen) atoms. The fourth-order valence-corrected chi connectivity index (χ4v) is 3.05. The molecule has 0 radical (unpaired) electrons. The van der Waals surface area contributed by atoms with Crippen molar-refractivity contribution in [2.75, 3.05) is 0 Å². The summed E-state index contributed by atoms with van der Waals surface area (Å²) in [6.07, 6.45) is 3.81. The van der Waals surface area contributed by atoms with Gasteiger partial charge in [0.25, 0.3) is 0 Å². The summed E-state index contributed by atoms with van der Waals surface area (Å²) in [5, 5.41) is 5.77. The smallest absolute Gasteiger partial charge is 0.226 e. The van der Waals surface area contributed by atoms with E-state index in [1.165, 1.54) is 16.9 Å². The zero-order chi connectivity index (χ0) is 16.1.